The minimum Gasteiger partial charge on any atom is -0.481 e. The van der Waals surface area contributed by atoms with Gasteiger partial charge >= 0.3 is 5.97 Å². The van der Waals surface area contributed by atoms with Gasteiger partial charge in [0.2, 0.25) is 5.91 Å². The summed E-state index contributed by atoms with van der Waals surface area (Å²) in [4.78, 5) is 25.2. The van der Waals surface area contributed by atoms with Crippen molar-refractivity contribution in [3.8, 4) is 0 Å². The Hall–Kier alpha value is -1.06. The van der Waals surface area contributed by atoms with Crippen LogP contribution in [0.1, 0.15) is 45.4 Å². The number of carboxylic acids is 1. The lowest BCUT2D eigenvalue weighted by molar-refractivity contribution is -0.149. The van der Waals surface area contributed by atoms with Crippen molar-refractivity contribution in [2.45, 2.75) is 45.4 Å². The fourth-order valence-electron chi connectivity index (χ4n) is 3.11. The number of carboxylic acid groups (broad SMARTS) is 1. The maximum Gasteiger partial charge on any atom is 0.308 e. The molecule has 1 saturated carbocycles. The summed E-state index contributed by atoms with van der Waals surface area (Å²) in [6.07, 6.45) is 5.69. The second-order valence-corrected chi connectivity index (χ2v) is 5.70. The van der Waals surface area contributed by atoms with Gasteiger partial charge in [-0.15, -0.1) is 0 Å². The highest BCUT2D eigenvalue weighted by Gasteiger charge is 2.40. The SMILES string of the molecule is CC1(C(=O)N2CCCC(C(=O)O)C2)CCCC1. The Morgan fingerprint density at radius 2 is 1.88 bits per heavy atom. The Balaban J connectivity index is 2.01. The average molecular weight is 239 g/mol. The van der Waals surface area contributed by atoms with E-state index in [2.05, 4.69) is 0 Å². The molecule has 4 nitrogen and oxygen atoms in total. The molecule has 2 rings (SSSR count). The van der Waals surface area contributed by atoms with Crippen molar-refractivity contribution in [2.24, 2.45) is 11.3 Å². The molecule has 1 aliphatic carbocycles. The van der Waals surface area contributed by atoms with E-state index in [0.29, 0.717) is 13.0 Å². The second-order valence-electron chi connectivity index (χ2n) is 5.70. The molecule has 17 heavy (non-hydrogen) atoms. The van der Waals surface area contributed by atoms with Crippen LogP contribution < -0.4 is 0 Å². The van der Waals surface area contributed by atoms with Crippen molar-refractivity contribution in [1.82, 2.24) is 4.90 Å². The molecule has 1 amide bonds. The highest BCUT2D eigenvalue weighted by Crippen LogP contribution is 2.39. The molecular weight excluding hydrogens is 218 g/mol. The molecule has 0 bridgehead atoms. The zero-order valence-electron chi connectivity index (χ0n) is 10.4. The number of rotatable bonds is 2. The molecule has 2 aliphatic rings. The summed E-state index contributed by atoms with van der Waals surface area (Å²) in [7, 11) is 0. The Kier molecular flexibility index (Phi) is 3.40. The Bertz CT molecular complexity index is 321. The van der Waals surface area contributed by atoms with Gasteiger partial charge in [-0.3, -0.25) is 9.59 Å². The van der Waals surface area contributed by atoms with E-state index < -0.39 is 5.97 Å². The van der Waals surface area contributed by atoms with Gasteiger partial charge in [0.05, 0.1) is 5.92 Å². The zero-order chi connectivity index (χ0) is 12.5. The van der Waals surface area contributed by atoms with Crippen LogP contribution in [0.5, 0.6) is 0 Å². The van der Waals surface area contributed by atoms with Crippen LogP contribution in [-0.4, -0.2) is 35.0 Å². The number of piperidine rings is 1. The van der Waals surface area contributed by atoms with Crippen LogP contribution in [0.3, 0.4) is 0 Å². The number of hydrogen-bond acceptors (Lipinski definition) is 2. The molecule has 0 aromatic rings. The van der Waals surface area contributed by atoms with Crippen LogP contribution in [0.2, 0.25) is 0 Å². The number of amides is 1. The van der Waals surface area contributed by atoms with E-state index in [4.69, 9.17) is 5.11 Å². The molecule has 4 heteroatoms. The van der Waals surface area contributed by atoms with Crippen LogP contribution in [0.4, 0.5) is 0 Å². The third-order valence-corrected chi connectivity index (χ3v) is 4.28. The first-order chi connectivity index (χ1) is 8.03. The number of nitrogens with zero attached hydrogens (tertiary/aromatic N) is 1. The Labute approximate surface area is 102 Å². The molecule has 1 aliphatic heterocycles. The van der Waals surface area contributed by atoms with Gasteiger partial charge in [-0.1, -0.05) is 19.8 Å². The summed E-state index contributed by atoms with van der Waals surface area (Å²) in [6.45, 7) is 3.18. The minimum absolute atomic E-state index is 0.181. The van der Waals surface area contributed by atoms with E-state index >= 15 is 0 Å². The van der Waals surface area contributed by atoms with E-state index in [1.54, 1.807) is 4.90 Å². The standard InChI is InChI=1S/C13H21NO3/c1-13(6-2-3-7-13)12(17)14-8-4-5-10(9-14)11(15)16/h10H,2-9H2,1H3,(H,15,16). The molecule has 96 valence electrons. The summed E-state index contributed by atoms with van der Waals surface area (Å²) in [6, 6.07) is 0. The van der Waals surface area contributed by atoms with Gasteiger partial charge in [-0.25, -0.2) is 0 Å². The summed E-state index contributed by atoms with van der Waals surface area (Å²) in [5, 5.41) is 9.03. The first-order valence-electron chi connectivity index (χ1n) is 6.55. The summed E-state index contributed by atoms with van der Waals surface area (Å²) in [5.41, 5.74) is -0.222. The first-order valence-corrected chi connectivity index (χ1v) is 6.55. The molecule has 1 saturated heterocycles. The first kappa shape index (κ1) is 12.4. The quantitative estimate of drug-likeness (QED) is 0.800. The maximum atomic E-state index is 12.4. The maximum absolute atomic E-state index is 12.4. The Morgan fingerprint density at radius 3 is 2.47 bits per heavy atom. The smallest absolute Gasteiger partial charge is 0.308 e. The molecule has 1 heterocycles. The summed E-state index contributed by atoms with van der Waals surface area (Å²) >= 11 is 0. The molecule has 0 spiro atoms. The predicted octanol–water partition coefficient (Wildman–Crippen LogP) is 1.89. The van der Waals surface area contributed by atoms with Gasteiger partial charge in [0.25, 0.3) is 0 Å². The van der Waals surface area contributed by atoms with Crippen LogP contribution in [0.15, 0.2) is 0 Å². The summed E-state index contributed by atoms with van der Waals surface area (Å²) < 4.78 is 0. The molecular formula is C13H21NO3. The molecule has 1 atom stereocenters. The van der Waals surface area contributed by atoms with Gasteiger partial charge in [-0.05, 0) is 25.7 Å². The third-order valence-electron chi connectivity index (χ3n) is 4.28. The van der Waals surface area contributed by atoms with Crippen LogP contribution in [0, 0.1) is 11.3 Å². The normalized spacial score (nSPS) is 28.1. The third kappa shape index (κ3) is 2.45. The van der Waals surface area contributed by atoms with Crippen LogP contribution in [0.25, 0.3) is 0 Å². The lowest BCUT2D eigenvalue weighted by atomic mass is 9.85. The largest absolute Gasteiger partial charge is 0.481 e. The van der Waals surface area contributed by atoms with Gasteiger partial charge in [0.1, 0.15) is 0 Å². The predicted molar refractivity (Wildman–Crippen MR) is 63.5 cm³/mol. The van der Waals surface area contributed by atoms with Crippen LogP contribution >= 0.6 is 0 Å². The molecule has 0 aromatic heterocycles. The van der Waals surface area contributed by atoms with E-state index in [1.807, 2.05) is 6.92 Å². The molecule has 1 unspecified atom stereocenters. The van der Waals surface area contributed by atoms with E-state index in [0.717, 1.165) is 38.6 Å². The molecule has 2 fully saturated rings. The molecule has 1 N–H and O–H groups in total. The highest BCUT2D eigenvalue weighted by molar-refractivity contribution is 5.83. The number of carbonyl (C=O) groups excluding carboxylic acids is 1. The number of carbonyl (C=O) groups is 2. The highest BCUT2D eigenvalue weighted by atomic mass is 16.4. The van der Waals surface area contributed by atoms with Crippen molar-refractivity contribution in [1.29, 1.82) is 0 Å². The number of aliphatic carboxylic acids is 1. The van der Waals surface area contributed by atoms with E-state index in [1.165, 1.54) is 0 Å². The Morgan fingerprint density at radius 1 is 1.24 bits per heavy atom. The molecule has 0 aromatic carbocycles. The number of hydrogen-bond donors (Lipinski definition) is 1. The van der Waals surface area contributed by atoms with Gasteiger partial charge in [0.15, 0.2) is 0 Å². The number of likely N-dealkylation sites (tertiary alicyclic amines) is 1. The zero-order valence-corrected chi connectivity index (χ0v) is 10.4. The van der Waals surface area contributed by atoms with E-state index in [9.17, 15) is 9.59 Å². The van der Waals surface area contributed by atoms with Crippen molar-refractivity contribution in [3.05, 3.63) is 0 Å². The lowest BCUT2D eigenvalue weighted by Crippen LogP contribution is -2.47. The van der Waals surface area contributed by atoms with E-state index in [-0.39, 0.29) is 17.2 Å². The van der Waals surface area contributed by atoms with Crippen molar-refractivity contribution in [3.63, 3.8) is 0 Å². The fraction of sp³-hybridized carbons (Fsp3) is 0.846. The lowest BCUT2D eigenvalue weighted by Gasteiger charge is -2.36. The average Bonchev–Trinajstić information content (AvgIpc) is 2.76. The fourth-order valence-corrected chi connectivity index (χ4v) is 3.11. The minimum atomic E-state index is -0.765. The van der Waals surface area contributed by atoms with Crippen molar-refractivity contribution < 1.29 is 14.7 Å². The van der Waals surface area contributed by atoms with Crippen LogP contribution in [-0.2, 0) is 9.59 Å². The topological polar surface area (TPSA) is 57.6 Å². The van der Waals surface area contributed by atoms with Crippen molar-refractivity contribution in [2.75, 3.05) is 13.1 Å². The second kappa shape index (κ2) is 4.67. The van der Waals surface area contributed by atoms with Crippen molar-refractivity contribution >= 4 is 11.9 Å². The van der Waals surface area contributed by atoms with Gasteiger partial charge in [0, 0.05) is 18.5 Å². The molecule has 0 radical (unpaired) electrons. The monoisotopic (exact) mass is 239 g/mol. The van der Waals surface area contributed by atoms with Gasteiger partial charge in [-0.2, -0.15) is 0 Å². The summed E-state index contributed by atoms with van der Waals surface area (Å²) in [5.74, 6) is -0.947. The van der Waals surface area contributed by atoms with Gasteiger partial charge < -0.3 is 10.0 Å².